The zero-order chi connectivity index (χ0) is 25.4. The Hall–Kier alpha value is -1.64. The molecule has 1 atom stereocenters. The van der Waals surface area contributed by atoms with Crippen LogP contribution in [0.3, 0.4) is 0 Å². The van der Waals surface area contributed by atoms with E-state index in [0.717, 1.165) is 16.0 Å². The Morgan fingerprint density at radius 3 is 2.43 bits per heavy atom. The second-order valence-electron chi connectivity index (χ2n) is 8.14. The Labute approximate surface area is 238 Å². The number of hydrogen-bond acceptors (Lipinski definition) is 7. The van der Waals surface area contributed by atoms with Gasteiger partial charge in [-0.2, -0.15) is 0 Å². The molecular weight excluding hydrogens is 710 g/mol. The molecule has 0 spiro atoms. The molecule has 35 heavy (non-hydrogen) atoms. The summed E-state index contributed by atoms with van der Waals surface area (Å²) in [6, 6.07) is 10.9. The van der Waals surface area contributed by atoms with Crippen molar-refractivity contribution < 1.29 is 14.6 Å². The van der Waals surface area contributed by atoms with Crippen molar-refractivity contribution in [2.45, 2.75) is 37.8 Å². The summed E-state index contributed by atoms with van der Waals surface area (Å²) in [5, 5.41) is 10.1. The normalized spacial score (nSPS) is 15.9. The number of halogens is 2. The smallest absolute Gasteiger partial charge is 0.338 e. The fraction of sp³-hybridized carbons (Fsp3) is 0.240. The number of esters is 1. The van der Waals surface area contributed by atoms with Crippen molar-refractivity contribution in [3.8, 4) is 5.75 Å². The van der Waals surface area contributed by atoms with E-state index in [1.807, 2.05) is 42.7 Å². The minimum Gasteiger partial charge on any atom is -0.506 e. The van der Waals surface area contributed by atoms with Crippen molar-refractivity contribution in [3.05, 3.63) is 85.6 Å². The van der Waals surface area contributed by atoms with Gasteiger partial charge in [-0.25, -0.2) is 9.79 Å². The number of hydrogen-bond donors (Lipinski definition) is 1. The first-order valence-electron chi connectivity index (χ1n) is 10.7. The quantitative estimate of drug-likeness (QED) is 0.231. The third-order valence-corrected chi connectivity index (χ3v) is 8.72. The van der Waals surface area contributed by atoms with Gasteiger partial charge >= 0.3 is 5.97 Å². The first-order chi connectivity index (χ1) is 16.6. The molecule has 1 N–H and O–H groups in total. The molecule has 0 unspecified atom stereocenters. The summed E-state index contributed by atoms with van der Waals surface area (Å²) in [7, 11) is 0. The third-order valence-electron chi connectivity index (χ3n) is 5.35. The highest BCUT2D eigenvalue weighted by Gasteiger charge is 2.33. The Kier molecular flexibility index (Phi) is 8.13. The molecule has 0 fully saturated rings. The molecular formula is C25H22I2N2O4S2. The van der Waals surface area contributed by atoms with Gasteiger partial charge in [0.2, 0.25) is 0 Å². The molecule has 6 nitrogen and oxygen atoms in total. The Bertz CT molecular complexity index is 1500. The van der Waals surface area contributed by atoms with Gasteiger partial charge in [0, 0.05) is 4.90 Å². The highest BCUT2D eigenvalue weighted by atomic mass is 127. The van der Waals surface area contributed by atoms with E-state index in [4.69, 9.17) is 4.74 Å². The van der Waals surface area contributed by atoms with Crippen molar-refractivity contribution in [1.82, 2.24) is 4.57 Å². The number of thiazole rings is 1. The molecule has 182 valence electrons. The Morgan fingerprint density at radius 1 is 1.23 bits per heavy atom. The zero-order valence-electron chi connectivity index (χ0n) is 19.3. The predicted molar refractivity (Wildman–Crippen MR) is 157 cm³/mol. The minimum atomic E-state index is -0.643. The number of nitrogens with zero attached hydrogens (tertiary/aromatic N) is 2. The van der Waals surface area contributed by atoms with Crippen LogP contribution in [0, 0.1) is 7.14 Å². The second kappa shape index (κ2) is 10.8. The highest BCUT2D eigenvalue weighted by molar-refractivity contribution is 14.1. The number of ether oxygens (including phenoxy) is 1. The van der Waals surface area contributed by atoms with Crippen LogP contribution in [0.25, 0.3) is 6.08 Å². The minimum absolute atomic E-state index is 0.224. The van der Waals surface area contributed by atoms with Crippen LogP contribution in [0.4, 0.5) is 0 Å². The predicted octanol–water partition coefficient (Wildman–Crippen LogP) is 4.82. The SMILES string of the molecule is CSc1ccc([C@H]2C(C(=O)OC(C)C)=C(C)N=c3s/c(=C\c4cc(I)c(O)c(I)c4)c(=O)n32)cc1. The molecule has 0 radical (unpaired) electrons. The van der Waals surface area contributed by atoms with Gasteiger partial charge in [0.05, 0.1) is 35.1 Å². The molecule has 3 aromatic rings. The van der Waals surface area contributed by atoms with E-state index in [-0.39, 0.29) is 17.4 Å². The molecule has 0 bridgehead atoms. The number of allylic oxidation sites excluding steroid dienone is 1. The average molecular weight is 732 g/mol. The summed E-state index contributed by atoms with van der Waals surface area (Å²) < 4.78 is 9.04. The first kappa shape index (κ1) is 26.4. The van der Waals surface area contributed by atoms with Crippen LogP contribution >= 0.6 is 68.3 Å². The van der Waals surface area contributed by atoms with Crippen molar-refractivity contribution in [2.24, 2.45) is 4.99 Å². The van der Waals surface area contributed by atoms with Gasteiger partial charge in [0.1, 0.15) is 5.75 Å². The summed E-state index contributed by atoms with van der Waals surface area (Å²) >= 11 is 7.04. The lowest BCUT2D eigenvalue weighted by atomic mass is 9.96. The topological polar surface area (TPSA) is 80.9 Å². The largest absolute Gasteiger partial charge is 0.506 e. The molecule has 4 rings (SSSR count). The maximum Gasteiger partial charge on any atom is 0.338 e. The van der Waals surface area contributed by atoms with Gasteiger partial charge in [-0.05, 0) is 114 Å². The van der Waals surface area contributed by atoms with Crippen LogP contribution < -0.4 is 14.9 Å². The van der Waals surface area contributed by atoms with Crippen LogP contribution in [-0.4, -0.2) is 28.0 Å². The van der Waals surface area contributed by atoms with Crippen LogP contribution in [0.1, 0.15) is 37.9 Å². The van der Waals surface area contributed by atoms with E-state index in [1.54, 1.807) is 43.2 Å². The number of thioether (sulfide) groups is 1. The lowest BCUT2D eigenvalue weighted by Gasteiger charge is -2.25. The van der Waals surface area contributed by atoms with E-state index in [1.165, 1.54) is 11.3 Å². The highest BCUT2D eigenvalue weighted by Crippen LogP contribution is 2.32. The molecule has 1 aliphatic heterocycles. The van der Waals surface area contributed by atoms with Gasteiger partial charge in [0.25, 0.3) is 5.56 Å². The van der Waals surface area contributed by atoms with Crippen molar-refractivity contribution in [2.75, 3.05) is 6.26 Å². The van der Waals surface area contributed by atoms with Crippen LogP contribution in [-0.2, 0) is 9.53 Å². The monoisotopic (exact) mass is 732 g/mol. The first-order valence-corrected chi connectivity index (χ1v) is 14.9. The van der Waals surface area contributed by atoms with Crippen LogP contribution in [0.2, 0.25) is 0 Å². The number of carbonyl (C=O) groups is 1. The third kappa shape index (κ3) is 5.39. The summed E-state index contributed by atoms with van der Waals surface area (Å²) in [5.41, 5.74) is 2.29. The second-order valence-corrected chi connectivity index (χ2v) is 12.4. The van der Waals surface area contributed by atoms with Gasteiger partial charge in [0.15, 0.2) is 4.80 Å². The van der Waals surface area contributed by atoms with Gasteiger partial charge in [-0.3, -0.25) is 9.36 Å². The van der Waals surface area contributed by atoms with E-state index in [0.29, 0.717) is 27.7 Å². The summed E-state index contributed by atoms with van der Waals surface area (Å²) in [6.45, 7) is 5.37. The Balaban J connectivity index is 1.94. The molecule has 0 amide bonds. The van der Waals surface area contributed by atoms with Gasteiger partial charge in [-0.1, -0.05) is 23.5 Å². The molecule has 10 heteroatoms. The molecule has 1 aromatic heterocycles. The van der Waals surface area contributed by atoms with E-state index in [9.17, 15) is 14.7 Å². The lowest BCUT2D eigenvalue weighted by molar-refractivity contribution is -0.143. The molecule has 0 saturated heterocycles. The maximum atomic E-state index is 13.7. The molecule has 1 aliphatic rings. The fourth-order valence-electron chi connectivity index (χ4n) is 3.78. The number of fused-ring (bicyclic) bond motifs is 1. The summed E-state index contributed by atoms with van der Waals surface area (Å²) in [6.07, 6.45) is 3.50. The molecule has 2 aromatic carbocycles. The van der Waals surface area contributed by atoms with Crippen molar-refractivity contribution >= 4 is 80.3 Å². The van der Waals surface area contributed by atoms with Crippen LogP contribution in [0.5, 0.6) is 5.75 Å². The Morgan fingerprint density at radius 2 is 1.86 bits per heavy atom. The van der Waals surface area contributed by atoms with Crippen molar-refractivity contribution in [1.29, 1.82) is 0 Å². The summed E-state index contributed by atoms with van der Waals surface area (Å²) in [4.78, 5) is 33.1. The van der Waals surface area contributed by atoms with Gasteiger partial charge < -0.3 is 9.84 Å². The molecule has 2 heterocycles. The number of phenols is 1. The standard InChI is InChI=1S/C25H22I2N2O4S2/c1-12(2)33-24(32)20-13(3)28-25-29(21(20)15-5-7-16(34-4)8-6-15)23(31)19(35-25)11-14-9-17(26)22(30)18(27)10-14/h5-12,21,30H,1-4H3/b19-11-/t21-/m0/s1. The number of carbonyl (C=O) groups excluding carboxylic acids is 1. The number of aromatic nitrogens is 1. The fourth-order valence-corrected chi connectivity index (χ4v) is 7.05. The number of benzene rings is 2. The van der Waals surface area contributed by atoms with Gasteiger partial charge in [-0.15, -0.1) is 11.8 Å². The summed E-state index contributed by atoms with van der Waals surface area (Å²) in [5.74, 6) is -0.250. The number of aromatic hydroxyl groups is 1. The van der Waals surface area contributed by atoms with Crippen LogP contribution in [0.15, 0.2) is 62.4 Å². The zero-order valence-corrected chi connectivity index (χ0v) is 25.3. The maximum absolute atomic E-state index is 13.7. The average Bonchev–Trinajstić information content (AvgIpc) is 3.10. The number of rotatable bonds is 5. The van der Waals surface area contributed by atoms with E-state index < -0.39 is 12.0 Å². The molecule has 0 aliphatic carbocycles. The van der Waals surface area contributed by atoms with Crippen molar-refractivity contribution in [3.63, 3.8) is 0 Å². The lowest BCUT2D eigenvalue weighted by Crippen LogP contribution is -2.40. The van der Waals surface area contributed by atoms with E-state index in [2.05, 4.69) is 50.2 Å². The van der Waals surface area contributed by atoms with E-state index >= 15 is 0 Å². The molecule has 0 saturated carbocycles. The number of phenolic OH excluding ortho intramolecular Hbond substituents is 1.